The Hall–Kier alpha value is -2.55. The Bertz CT molecular complexity index is 686. The summed E-state index contributed by atoms with van der Waals surface area (Å²) in [6.07, 6.45) is 1.85. The fraction of sp³-hybridized carbons (Fsp3) is 0. The van der Waals surface area contributed by atoms with E-state index in [-0.39, 0.29) is 5.91 Å². The summed E-state index contributed by atoms with van der Waals surface area (Å²) >= 11 is 0. The van der Waals surface area contributed by atoms with E-state index in [1.54, 1.807) is 16.8 Å². The Morgan fingerprint density at radius 2 is 1.61 bits per heavy atom. The van der Waals surface area contributed by atoms with Crippen LogP contribution >= 0.6 is 0 Å². The molecular formula is C15H12N2O. The summed E-state index contributed by atoms with van der Waals surface area (Å²) in [4.78, 5) is 12.0. The first-order chi connectivity index (χ1) is 8.84. The van der Waals surface area contributed by atoms with Crippen LogP contribution in [0.2, 0.25) is 0 Å². The van der Waals surface area contributed by atoms with Crippen molar-refractivity contribution in [1.29, 1.82) is 0 Å². The van der Waals surface area contributed by atoms with Crippen LogP contribution in [-0.4, -0.2) is 10.6 Å². The topological polar surface area (TPSA) is 34.0 Å². The molecule has 0 bridgehead atoms. The minimum atomic E-state index is -0.114. The summed E-state index contributed by atoms with van der Waals surface area (Å²) in [6.45, 7) is 0. The number of nitrogens with zero attached hydrogens (tertiary/aromatic N) is 1. The van der Waals surface area contributed by atoms with E-state index in [4.69, 9.17) is 0 Å². The predicted octanol–water partition coefficient (Wildman–Crippen LogP) is 3.03. The van der Waals surface area contributed by atoms with E-state index in [2.05, 4.69) is 5.43 Å². The van der Waals surface area contributed by atoms with Crippen LogP contribution in [0.5, 0.6) is 0 Å². The maximum absolute atomic E-state index is 12.0. The molecule has 2 aromatic carbocycles. The lowest BCUT2D eigenvalue weighted by atomic mass is 10.2. The van der Waals surface area contributed by atoms with Gasteiger partial charge in [0.15, 0.2) is 0 Å². The number of fused-ring (bicyclic) bond motifs is 1. The van der Waals surface area contributed by atoms with Gasteiger partial charge in [-0.05, 0) is 24.3 Å². The van der Waals surface area contributed by atoms with Crippen LogP contribution in [0.4, 0.5) is 0 Å². The van der Waals surface area contributed by atoms with E-state index in [0.29, 0.717) is 5.56 Å². The number of benzene rings is 2. The highest BCUT2D eigenvalue weighted by atomic mass is 16.2. The van der Waals surface area contributed by atoms with Crippen molar-refractivity contribution in [2.45, 2.75) is 0 Å². The number of carbonyl (C=O) groups excluding carboxylic acids is 1. The van der Waals surface area contributed by atoms with Gasteiger partial charge in [-0.15, -0.1) is 0 Å². The Kier molecular flexibility index (Phi) is 2.57. The molecule has 0 fully saturated rings. The van der Waals surface area contributed by atoms with Crippen LogP contribution in [0.25, 0.3) is 10.9 Å². The number of hydrogen-bond donors (Lipinski definition) is 1. The lowest BCUT2D eigenvalue weighted by molar-refractivity contribution is 0.101. The summed E-state index contributed by atoms with van der Waals surface area (Å²) in [5, 5.41) is 1.10. The standard InChI is InChI=1S/C15H12N2O/c18-15(13-7-2-1-3-8-13)16-17-11-10-12-6-4-5-9-14(12)17/h1-11H,(H,16,18). The molecule has 3 rings (SSSR count). The third kappa shape index (κ3) is 1.86. The molecule has 0 atom stereocenters. The van der Waals surface area contributed by atoms with Crippen LogP contribution in [0.1, 0.15) is 10.4 Å². The van der Waals surface area contributed by atoms with Crippen molar-refractivity contribution in [3.05, 3.63) is 72.4 Å². The Morgan fingerprint density at radius 1 is 0.889 bits per heavy atom. The first kappa shape index (κ1) is 10.6. The third-order valence-electron chi connectivity index (χ3n) is 2.86. The second-order valence-corrected chi connectivity index (χ2v) is 4.05. The van der Waals surface area contributed by atoms with Crippen LogP contribution in [0.15, 0.2) is 66.9 Å². The maximum Gasteiger partial charge on any atom is 0.270 e. The lowest BCUT2D eigenvalue weighted by Crippen LogP contribution is -2.21. The third-order valence-corrected chi connectivity index (χ3v) is 2.86. The normalized spacial score (nSPS) is 10.4. The van der Waals surface area contributed by atoms with E-state index in [1.165, 1.54) is 0 Å². The summed E-state index contributed by atoms with van der Waals surface area (Å²) in [6, 6.07) is 19.1. The molecule has 0 aliphatic heterocycles. The number of aromatic nitrogens is 1. The van der Waals surface area contributed by atoms with Crippen molar-refractivity contribution in [3.63, 3.8) is 0 Å². The number of hydrogen-bond acceptors (Lipinski definition) is 1. The van der Waals surface area contributed by atoms with E-state index >= 15 is 0 Å². The van der Waals surface area contributed by atoms with E-state index in [1.807, 2.05) is 54.7 Å². The molecule has 1 aromatic heterocycles. The fourth-order valence-corrected chi connectivity index (χ4v) is 1.94. The quantitative estimate of drug-likeness (QED) is 0.729. The first-order valence-corrected chi connectivity index (χ1v) is 5.77. The van der Waals surface area contributed by atoms with E-state index in [9.17, 15) is 4.79 Å². The van der Waals surface area contributed by atoms with Crippen molar-refractivity contribution in [1.82, 2.24) is 4.68 Å². The van der Waals surface area contributed by atoms with Gasteiger partial charge in [-0.1, -0.05) is 36.4 Å². The molecule has 0 saturated heterocycles. The average Bonchev–Trinajstić information content (AvgIpc) is 2.83. The minimum Gasteiger partial charge on any atom is -0.267 e. The van der Waals surface area contributed by atoms with Gasteiger partial charge in [0, 0.05) is 17.1 Å². The second kappa shape index (κ2) is 4.37. The highest BCUT2D eigenvalue weighted by Crippen LogP contribution is 2.13. The first-order valence-electron chi connectivity index (χ1n) is 5.77. The van der Waals surface area contributed by atoms with Crippen LogP contribution < -0.4 is 5.43 Å². The summed E-state index contributed by atoms with van der Waals surface area (Å²) < 4.78 is 1.74. The van der Waals surface area contributed by atoms with Crippen LogP contribution in [-0.2, 0) is 0 Å². The number of para-hydroxylation sites is 1. The summed E-state index contributed by atoms with van der Waals surface area (Å²) in [7, 11) is 0. The molecule has 1 heterocycles. The van der Waals surface area contributed by atoms with Crippen LogP contribution in [0.3, 0.4) is 0 Å². The van der Waals surface area contributed by atoms with Crippen molar-refractivity contribution in [2.75, 3.05) is 5.43 Å². The molecule has 1 amide bonds. The molecule has 0 saturated carbocycles. The molecule has 0 aliphatic carbocycles. The van der Waals surface area contributed by atoms with Crippen molar-refractivity contribution >= 4 is 16.8 Å². The molecule has 3 heteroatoms. The molecule has 0 aliphatic rings. The number of rotatable bonds is 2. The molecule has 0 unspecified atom stereocenters. The molecule has 88 valence electrons. The second-order valence-electron chi connectivity index (χ2n) is 4.05. The zero-order chi connectivity index (χ0) is 12.4. The highest BCUT2D eigenvalue weighted by molar-refractivity contribution is 6.00. The van der Waals surface area contributed by atoms with Gasteiger partial charge in [0.05, 0.1) is 5.52 Å². The number of carbonyl (C=O) groups is 1. The van der Waals surface area contributed by atoms with Gasteiger partial charge in [-0.25, -0.2) is 0 Å². The smallest absolute Gasteiger partial charge is 0.267 e. The van der Waals surface area contributed by atoms with Gasteiger partial charge in [0.1, 0.15) is 0 Å². The SMILES string of the molecule is O=C(Nn1ccc2ccccc21)c1ccccc1. The summed E-state index contributed by atoms with van der Waals surface area (Å²) in [5.74, 6) is -0.114. The fourth-order valence-electron chi connectivity index (χ4n) is 1.94. The molecule has 3 aromatic rings. The van der Waals surface area contributed by atoms with Crippen molar-refractivity contribution in [3.8, 4) is 0 Å². The van der Waals surface area contributed by atoms with Gasteiger partial charge in [0.2, 0.25) is 0 Å². The lowest BCUT2D eigenvalue weighted by Gasteiger charge is -2.07. The van der Waals surface area contributed by atoms with E-state index < -0.39 is 0 Å². The van der Waals surface area contributed by atoms with Gasteiger partial charge < -0.3 is 0 Å². The molecule has 3 nitrogen and oxygen atoms in total. The van der Waals surface area contributed by atoms with Crippen molar-refractivity contribution < 1.29 is 4.79 Å². The monoisotopic (exact) mass is 236 g/mol. The summed E-state index contributed by atoms with van der Waals surface area (Å²) in [5.41, 5.74) is 4.50. The van der Waals surface area contributed by atoms with Gasteiger partial charge >= 0.3 is 0 Å². The number of amides is 1. The Balaban J connectivity index is 1.91. The minimum absolute atomic E-state index is 0.114. The van der Waals surface area contributed by atoms with Gasteiger partial charge in [-0.2, -0.15) is 0 Å². The molecule has 0 spiro atoms. The average molecular weight is 236 g/mol. The van der Waals surface area contributed by atoms with E-state index in [0.717, 1.165) is 10.9 Å². The van der Waals surface area contributed by atoms with Gasteiger partial charge in [0.25, 0.3) is 5.91 Å². The van der Waals surface area contributed by atoms with Gasteiger partial charge in [-0.3, -0.25) is 14.9 Å². The highest BCUT2D eigenvalue weighted by Gasteiger charge is 2.06. The number of nitrogens with one attached hydrogen (secondary N) is 1. The molecule has 0 radical (unpaired) electrons. The zero-order valence-electron chi connectivity index (χ0n) is 9.71. The largest absolute Gasteiger partial charge is 0.270 e. The molecular weight excluding hydrogens is 224 g/mol. The zero-order valence-corrected chi connectivity index (χ0v) is 9.71. The molecule has 1 N–H and O–H groups in total. The molecule has 18 heavy (non-hydrogen) atoms. The van der Waals surface area contributed by atoms with Crippen molar-refractivity contribution in [2.24, 2.45) is 0 Å². The Labute approximate surface area is 105 Å². The predicted molar refractivity (Wildman–Crippen MR) is 72.1 cm³/mol. The maximum atomic E-state index is 12.0. The Morgan fingerprint density at radius 3 is 2.44 bits per heavy atom. The van der Waals surface area contributed by atoms with Crippen LogP contribution in [0, 0.1) is 0 Å².